The molecule has 2 aliphatic rings. The van der Waals surface area contributed by atoms with Crippen LogP contribution in [0.25, 0.3) is 0 Å². The van der Waals surface area contributed by atoms with E-state index in [0.29, 0.717) is 18.8 Å². The molecular formula is C15H23NO3. The van der Waals surface area contributed by atoms with Crippen molar-refractivity contribution in [2.24, 2.45) is 17.3 Å². The van der Waals surface area contributed by atoms with Crippen molar-refractivity contribution in [3.8, 4) is 0 Å². The van der Waals surface area contributed by atoms with E-state index in [4.69, 9.17) is 0 Å². The molecule has 1 saturated carbocycles. The maximum Gasteiger partial charge on any atom is 0.311 e. The maximum absolute atomic E-state index is 12.0. The van der Waals surface area contributed by atoms with E-state index in [1.807, 2.05) is 12.2 Å². The van der Waals surface area contributed by atoms with Crippen LogP contribution in [-0.2, 0) is 9.59 Å². The summed E-state index contributed by atoms with van der Waals surface area (Å²) in [6, 6.07) is 0. The molecule has 0 saturated heterocycles. The zero-order valence-electron chi connectivity index (χ0n) is 11.5. The summed E-state index contributed by atoms with van der Waals surface area (Å²) < 4.78 is 0. The van der Waals surface area contributed by atoms with Crippen LogP contribution in [0.1, 0.15) is 45.4 Å². The minimum Gasteiger partial charge on any atom is -0.481 e. The molecule has 2 rings (SSSR count). The van der Waals surface area contributed by atoms with Crippen LogP contribution >= 0.6 is 0 Å². The van der Waals surface area contributed by atoms with Gasteiger partial charge in [0.2, 0.25) is 5.91 Å². The fourth-order valence-electron chi connectivity index (χ4n) is 3.01. The topological polar surface area (TPSA) is 66.4 Å². The van der Waals surface area contributed by atoms with Crippen LogP contribution in [0.15, 0.2) is 12.2 Å². The normalized spacial score (nSPS) is 31.3. The Labute approximate surface area is 114 Å². The highest BCUT2D eigenvalue weighted by atomic mass is 16.4. The summed E-state index contributed by atoms with van der Waals surface area (Å²) in [5.41, 5.74) is -0.742. The van der Waals surface area contributed by atoms with Crippen LogP contribution in [0.5, 0.6) is 0 Å². The molecule has 106 valence electrons. The number of carbonyl (C=O) groups is 2. The molecule has 4 nitrogen and oxygen atoms in total. The molecular weight excluding hydrogens is 242 g/mol. The van der Waals surface area contributed by atoms with Crippen LogP contribution in [0.4, 0.5) is 0 Å². The predicted octanol–water partition coefficient (Wildman–Crippen LogP) is 2.35. The minimum absolute atomic E-state index is 0.00393. The van der Waals surface area contributed by atoms with Crippen LogP contribution in [0, 0.1) is 17.3 Å². The molecule has 2 aliphatic carbocycles. The van der Waals surface area contributed by atoms with Crippen LogP contribution in [-0.4, -0.2) is 23.5 Å². The molecule has 2 N–H and O–H groups in total. The monoisotopic (exact) mass is 265 g/mol. The Bertz CT molecular complexity index is 373. The third kappa shape index (κ3) is 3.17. The third-order valence-corrected chi connectivity index (χ3v) is 4.66. The van der Waals surface area contributed by atoms with Crippen LogP contribution < -0.4 is 5.32 Å². The van der Waals surface area contributed by atoms with E-state index < -0.39 is 11.4 Å². The number of aliphatic carboxylic acids is 1. The van der Waals surface area contributed by atoms with E-state index in [1.54, 1.807) is 0 Å². The second kappa shape index (κ2) is 5.76. The predicted molar refractivity (Wildman–Crippen MR) is 72.6 cm³/mol. The maximum atomic E-state index is 12.0. The van der Waals surface area contributed by atoms with Crippen molar-refractivity contribution in [3.05, 3.63) is 12.2 Å². The fraction of sp³-hybridized carbons (Fsp3) is 0.733. The molecule has 0 aromatic rings. The summed E-state index contributed by atoms with van der Waals surface area (Å²) in [6.07, 6.45) is 8.81. The van der Waals surface area contributed by atoms with Gasteiger partial charge in [-0.05, 0) is 44.4 Å². The van der Waals surface area contributed by atoms with E-state index in [0.717, 1.165) is 25.7 Å². The van der Waals surface area contributed by atoms with E-state index >= 15 is 0 Å². The molecule has 0 aliphatic heterocycles. The number of hydrogen-bond acceptors (Lipinski definition) is 2. The van der Waals surface area contributed by atoms with Gasteiger partial charge in [-0.2, -0.15) is 0 Å². The first-order valence-electron chi connectivity index (χ1n) is 7.19. The summed E-state index contributed by atoms with van der Waals surface area (Å²) in [4.78, 5) is 23.5. The summed E-state index contributed by atoms with van der Waals surface area (Å²) in [7, 11) is 0. The van der Waals surface area contributed by atoms with Crippen molar-refractivity contribution >= 4 is 11.9 Å². The zero-order valence-corrected chi connectivity index (χ0v) is 11.5. The number of hydrogen-bond donors (Lipinski definition) is 2. The zero-order chi connectivity index (χ0) is 13.9. The van der Waals surface area contributed by atoms with Crippen LogP contribution in [0.2, 0.25) is 0 Å². The first-order chi connectivity index (χ1) is 9.03. The summed E-state index contributed by atoms with van der Waals surface area (Å²) >= 11 is 0. The number of carboxylic acid groups (broad SMARTS) is 1. The minimum atomic E-state index is -0.760. The fourth-order valence-corrected chi connectivity index (χ4v) is 3.01. The molecule has 0 aromatic heterocycles. The quantitative estimate of drug-likeness (QED) is 0.767. The largest absolute Gasteiger partial charge is 0.481 e. The van der Waals surface area contributed by atoms with Crippen molar-refractivity contribution in [2.45, 2.75) is 45.4 Å². The molecule has 0 unspecified atom stereocenters. The van der Waals surface area contributed by atoms with Crippen molar-refractivity contribution in [2.75, 3.05) is 6.54 Å². The number of nitrogens with one attached hydrogen (secondary N) is 1. The average molecular weight is 265 g/mol. The van der Waals surface area contributed by atoms with Gasteiger partial charge >= 0.3 is 5.97 Å². The lowest BCUT2D eigenvalue weighted by Crippen LogP contribution is -2.46. The summed E-state index contributed by atoms with van der Waals surface area (Å²) in [6.45, 7) is 2.44. The molecule has 4 heteroatoms. The highest BCUT2D eigenvalue weighted by Gasteiger charge is 2.41. The standard InChI is InChI=1S/C15H23NO3/c1-11-6-8-15(9-7-11,14(18)19)10-16-13(17)12-4-2-3-5-12/h2-3,11-12H,4-10H2,1H3,(H,16,17)(H,18,19). The Morgan fingerprint density at radius 2 is 1.84 bits per heavy atom. The number of amides is 1. The van der Waals surface area contributed by atoms with Crippen molar-refractivity contribution in [1.29, 1.82) is 0 Å². The lowest BCUT2D eigenvalue weighted by atomic mass is 9.70. The van der Waals surface area contributed by atoms with Gasteiger partial charge < -0.3 is 10.4 Å². The molecule has 1 amide bonds. The van der Waals surface area contributed by atoms with Gasteiger partial charge in [-0.25, -0.2) is 0 Å². The van der Waals surface area contributed by atoms with Gasteiger partial charge in [0.05, 0.1) is 5.41 Å². The van der Waals surface area contributed by atoms with Gasteiger partial charge in [-0.3, -0.25) is 9.59 Å². The van der Waals surface area contributed by atoms with Gasteiger partial charge in [0.15, 0.2) is 0 Å². The Balaban J connectivity index is 1.90. The Morgan fingerprint density at radius 1 is 1.26 bits per heavy atom. The highest BCUT2D eigenvalue weighted by Crippen LogP contribution is 2.38. The van der Waals surface area contributed by atoms with E-state index in [-0.39, 0.29) is 18.4 Å². The summed E-state index contributed by atoms with van der Waals surface area (Å²) in [5, 5.41) is 12.4. The van der Waals surface area contributed by atoms with Gasteiger partial charge in [0.25, 0.3) is 0 Å². The molecule has 0 atom stereocenters. The third-order valence-electron chi connectivity index (χ3n) is 4.66. The molecule has 0 bridgehead atoms. The molecule has 0 radical (unpaired) electrons. The lowest BCUT2D eigenvalue weighted by Gasteiger charge is -2.36. The number of rotatable bonds is 4. The van der Waals surface area contributed by atoms with Gasteiger partial charge in [-0.15, -0.1) is 0 Å². The van der Waals surface area contributed by atoms with Crippen molar-refractivity contribution in [3.63, 3.8) is 0 Å². The van der Waals surface area contributed by atoms with Crippen molar-refractivity contribution in [1.82, 2.24) is 5.32 Å². The number of carbonyl (C=O) groups excluding carboxylic acids is 1. The van der Waals surface area contributed by atoms with Gasteiger partial charge in [0.1, 0.15) is 0 Å². The first-order valence-corrected chi connectivity index (χ1v) is 7.19. The first kappa shape index (κ1) is 14.1. The SMILES string of the molecule is CC1CCC(CNC(=O)C2CC=CC2)(C(=O)O)CC1. The average Bonchev–Trinajstić information content (AvgIpc) is 2.92. The molecule has 0 spiro atoms. The Morgan fingerprint density at radius 3 is 2.37 bits per heavy atom. The second-order valence-electron chi connectivity index (χ2n) is 6.13. The molecule has 0 heterocycles. The molecule has 1 fully saturated rings. The molecule has 0 aromatic carbocycles. The van der Waals surface area contributed by atoms with Gasteiger partial charge in [-0.1, -0.05) is 19.1 Å². The number of allylic oxidation sites excluding steroid dienone is 2. The van der Waals surface area contributed by atoms with Crippen molar-refractivity contribution < 1.29 is 14.7 Å². The van der Waals surface area contributed by atoms with Gasteiger partial charge in [0, 0.05) is 12.5 Å². The van der Waals surface area contributed by atoms with Crippen LogP contribution in [0.3, 0.4) is 0 Å². The Kier molecular flexibility index (Phi) is 4.27. The lowest BCUT2D eigenvalue weighted by molar-refractivity contribution is -0.151. The Hall–Kier alpha value is -1.32. The smallest absolute Gasteiger partial charge is 0.311 e. The highest BCUT2D eigenvalue weighted by molar-refractivity contribution is 5.81. The summed E-state index contributed by atoms with van der Waals surface area (Å²) in [5.74, 6) is -0.149. The second-order valence-corrected chi connectivity index (χ2v) is 6.13. The van der Waals surface area contributed by atoms with E-state index in [1.165, 1.54) is 0 Å². The van der Waals surface area contributed by atoms with E-state index in [2.05, 4.69) is 12.2 Å². The van der Waals surface area contributed by atoms with E-state index in [9.17, 15) is 14.7 Å². The molecule has 19 heavy (non-hydrogen) atoms. The number of carboxylic acids is 1.